The first-order chi connectivity index (χ1) is 11.8. The van der Waals surface area contributed by atoms with E-state index in [1.807, 2.05) is 51.1 Å². The molecule has 3 rings (SSSR count). The Kier molecular flexibility index (Phi) is 4.51. The number of para-hydroxylation sites is 1. The molecular formula is C18H21N3O3S. The highest BCUT2D eigenvalue weighted by Crippen LogP contribution is 2.18. The van der Waals surface area contributed by atoms with Crippen molar-refractivity contribution in [1.82, 2.24) is 14.5 Å². The lowest BCUT2D eigenvalue weighted by atomic mass is 10.1. The van der Waals surface area contributed by atoms with Gasteiger partial charge in [-0.2, -0.15) is 0 Å². The number of carbonyl (C=O) groups excluding carboxylic acids is 1. The molecule has 2 aromatic rings. The Morgan fingerprint density at radius 2 is 1.92 bits per heavy atom. The summed E-state index contributed by atoms with van der Waals surface area (Å²) in [5.74, 6) is 0. The van der Waals surface area contributed by atoms with Gasteiger partial charge in [-0.3, -0.25) is 9.36 Å². The van der Waals surface area contributed by atoms with E-state index in [1.165, 1.54) is 4.57 Å². The van der Waals surface area contributed by atoms with Crippen LogP contribution >= 0.6 is 12.2 Å². The minimum absolute atomic E-state index is 0.131. The number of nitrogens with one attached hydrogen (secondary N) is 1. The van der Waals surface area contributed by atoms with Gasteiger partial charge in [0, 0.05) is 17.8 Å². The van der Waals surface area contributed by atoms with E-state index in [0.717, 1.165) is 5.69 Å². The van der Waals surface area contributed by atoms with Gasteiger partial charge in [-0.25, -0.2) is 4.79 Å². The molecule has 0 saturated heterocycles. The van der Waals surface area contributed by atoms with Crippen LogP contribution in [0.1, 0.15) is 32.0 Å². The van der Waals surface area contributed by atoms with Crippen molar-refractivity contribution in [3.05, 3.63) is 56.7 Å². The van der Waals surface area contributed by atoms with Crippen molar-refractivity contribution < 1.29 is 9.53 Å². The van der Waals surface area contributed by atoms with Crippen molar-refractivity contribution in [2.45, 2.75) is 39.3 Å². The molecule has 0 fully saturated rings. The smallest absolute Gasteiger partial charge is 0.410 e. The number of aromatic amines is 1. The zero-order valence-corrected chi connectivity index (χ0v) is 15.4. The van der Waals surface area contributed by atoms with E-state index in [2.05, 4.69) is 4.98 Å². The van der Waals surface area contributed by atoms with Crippen molar-refractivity contribution in [2.24, 2.45) is 0 Å². The third-order valence-corrected chi connectivity index (χ3v) is 4.22. The Morgan fingerprint density at radius 3 is 2.56 bits per heavy atom. The molecule has 1 N–H and O–H groups in total. The maximum atomic E-state index is 12.9. The summed E-state index contributed by atoms with van der Waals surface area (Å²) in [6.45, 7) is 6.22. The van der Waals surface area contributed by atoms with Gasteiger partial charge in [0.15, 0.2) is 4.77 Å². The van der Waals surface area contributed by atoms with Crippen LogP contribution in [0.3, 0.4) is 0 Å². The number of amides is 1. The summed E-state index contributed by atoms with van der Waals surface area (Å²) >= 11 is 5.37. The van der Waals surface area contributed by atoms with Gasteiger partial charge in [0.1, 0.15) is 5.60 Å². The molecule has 1 aromatic carbocycles. The molecule has 0 saturated carbocycles. The molecule has 0 bridgehead atoms. The minimum atomic E-state index is -0.555. The van der Waals surface area contributed by atoms with Gasteiger partial charge in [-0.15, -0.1) is 0 Å². The van der Waals surface area contributed by atoms with E-state index >= 15 is 0 Å². The first-order valence-corrected chi connectivity index (χ1v) is 8.57. The van der Waals surface area contributed by atoms with Crippen molar-refractivity contribution in [2.75, 3.05) is 6.54 Å². The van der Waals surface area contributed by atoms with Crippen LogP contribution < -0.4 is 5.56 Å². The predicted molar refractivity (Wildman–Crippen MR) is 97.6 cm³/mol. The number of ether oxygens (including phenoxy) is 1. The summed E-state index contributed by atoms with van der Waals surface area (Å²) in [7, 11) is 0. The number of carbonyl (C=O) groups is 1. The van der Waals surface area contributed by atoms with E-state index in [4.69, 9.17) is 17.0 Å². The fraction of sp³-hybridized carbons (Fsp3) is 0.389. The zero-order valence-electron chi connectivity index (χ0n) is 14.5. The molecule has 25 heavy (non-hydrogen) atoms. The molecule has 1 amide bonds. The number of nitrogens with zero attached hydrogens (tertiary/aromatic N) is 2. The van der Waals surface area contributed by atoms with Gasteiger partial charge in [0.2, 0.25) is 0 Å². The third-order valence-electron chi connectivity index (χ3n) is 3.93. The standard InChI is InChI=1S/C18H21N3O3S/c1-18(2,3)24-17(23)20-10-9-13-14(11-20)19-16(25)21(15(13)22)12-7-5-4-6-8-12/h4-8H,9-11H2,1-3H3,(H,19,25). The van der Waals surface area contributed by atoms with Crippen molar-refractivity contribution in [3.63, 3.8) is 0 Å². The highest BCUT2D eigenvalue weighted by atomic mass is 32.1. The highest BCUT2D eigenvalue weighted by molar-refractivity contribution is 7.71. The molecule has 1 aliphatic rings. The molecule has 0 atom stereocenters. The number of rotatable bonds is 1. The van der Waals surface area contributed by atoms with Crippen LogP contribution in [0, 0.1) is 4.77 Å². The quantitative estimate of drug-likeness (QED) is 0.794. The third kappa shape index (κ3) is 3.66. The van der Waals surface area contributed by atoms with Crippen LogP contribution in [0.25, 0.3) is 5.69 Å². The first-order valence-electron chi connectivity index (χ1n) is 8.17. The van der Waals surface area contributed by atoms with Crippen LogP contribution in [0.5, 0.6) is 0 Å². The van der Waals surface area contributed by atoms with Crippen LogP contribution in [0.4, 0.5) is 4.79 Å². The Labute approximate surface area is 151 Å². The first kappa shape index (κ1) is 17.4. The maximum Gasteiger partial charge on any atom is 0.410 e. The Bertz CT molecular complexity index is 910. The highest BCUT2D eigenvalue weighted by Gasteiger charge is 2.28. The number of aromatic nitrogens is 2. The van der Waals surface area contributed by atoms with Crippen LogP contribution in [0.15, 0.2) is 35.1 Å². The molecule has 1 aliphatic heterocycles. The van der Waals surface area contributed by atoms with Crippen molar-refractivity contribution in [3.8, 4) is 5.69 Å². The van der Waals surface area contributed by atoms with Gasteiger partial charge >= 0.3 is 6.09 Å². The second kappa shape index (κ2) is 6.48. The van der Waals surface area contributed by atoms with Crippen LogP contribution in [-0.4, -0.2) is 32.7 Å². The second-order valence-electron chi connectivity index (χ2n) is 7.02. The minimum Gasteiger partial charge on any atom is -0.444 e. The van der Waals surface area contributed by atoms with Crippen LogP contribution in [-0.2, 0) is 17.7 Å². The van der Waals surface area contributed by atoms with Gasteiger partial charge in [-0.1, -0.05) is 18.2 Å². The molecular weight excluding hydrogens is 338 g/mol. The molecule has 0 aliphatic carbocycles. The summed E-state index contributed by atoms with van der Waals surface area (Å²) in [5, 5.41) is 0. The summed E-state index contributed by atoms with van der Waals surface area (Å²) in [6, 6.07) is 9.29. The normalized spacial score (nSPS) is 14.1. The van der Waals surface area contributed by atoms with Gasteiger partial charge in [-0.05, 0) is 51.5 Å². The van der Waals surface area contributed by atoms with E-state index in [-0.39, 0.29) is 11.7 Å². The molecule has 0 radical (unpaired) electrons. The predicted octanol–water partition coefficient (Wildman–Crippen LogP) is 3.19. The SMILES string of the molecule is CC(C)(C)OC(=O)N1CCc2c([nH]c(=S)n(-c3ccccc3)c2=O)C1. The van der Waals surface area contributed by atoms with E-state index < -0.39 is 5.60 Å². The lowest BCUT2D eigenvalue weighted by Crippen LogP contribution is -2.42. The fourth-order valence-corrected chi connectivity index (χ4v) is 3.13. The number of H-pyrrole nitrogens is 1. The average molecular weight is 359 g/mol. The molecule has 7 heteroatoms. The lowest BCUT2D eigenvalue weighted by Gasteiger charge is -2.31. The monoisotopic (exact) mass is 359 g/mol. The number of hydrogen-bond donors (Lipinski definition) is 1. The maximum absolute atomic E-state index is 12.9. The lowest BCUT2D eigenvalue weighted by molar-refractivity contribution is 0.0220. The van der Waals surface area contributed by atoms with Gasteiger partial charge in [0.25, 0.3) is 5.56 Å². The molecule has 6 nitrogen and oxygen atoms in total. The largest absolute Gasteiger partial charge is 0.444 e. The summed E-state index contributed by atoms with van der Waals surface area (Å²) in [6.07, 6.45) is 0.0801. The Morgan fingerprint density at radius 1 is 1.24 bits per heavy atom. The average Bonchev–Trinajstić information content (AvgIpc) is 2.53. The zero-order chi connectivity index (χ0) is 18.2. The topological polar surface area (TPSA) is 67.3 Å². The molecule has 132 valence electrons. The molecule has 1 aromatic heterocycles. The summed E-state index contributed by atoms with van der Waals surface area (Å²) in [5.41, 5.74) is 1.39. The summed E-state index contributed by atoms with van der Waals surface area (Å²) in [4.78, 5) is 29.8. The van der Waals surface area contributed by atoms with Crippen LogP contribution in [0.2, 0.25) is 0 Å². The number of hydrogen-bond acceptors (Lipinski definition) is 4. The van der Waals surface area contributed by atoms with E-state index in [0.29, 0.717) is 35.5 Å². The number of benzene rings is 1. The molecule has 0 unspecified atom stereocenters. The van der Waals surface area contributed by atoms with Crippen molar-refractivity contribution >= 4 is 18.3 Å². The van der Waals surface area contributed by atoms with E-state index in [1.54, 1.807) is 4.90 Å². The Balaban J connectivity index is 1.95. The van der Waals surface area contributed by atoms with E-state index in [9.17, 15) is 9.59 Å². The van der Waals surface area contributed by atoms with Crippen molar-refractivity contribution in [1.29, 1.82) is 0 Å². The fourth-order valence-electron chi connectivity index (χ4n) is 2.82. The summed E-state index contributed by atoms with van der Waals surface area (Å²) < 4.78 is 7.23. The molecule has 0 spiro atoms. The Hall–Kier alpha value is -2.41. The number of fused-ring (bicyclic) bond motifs is 1. The van der Waals surface area contributed by atoms with Gasteiger partial charge in [0.05, 0.1) is 12.2 Å². The molecule has 2 heterocycles. The second-order valence-corrected chi connectivity index (χ2v) is 7.40. The van der Waals surface area contributed by atoms with Gasteiger partial charge < -0.3 is 14.6 Å².